The molecule has 0 aromatic rings. The Morgan fingerprint density at radius 2 is 1.26 bits per heavy atom. The average molecular weight is 714 g/mol. The van der Waals surface area contributed by atoms with E-state index < -0.39 is 59.0 Å². The van der Waals surface area contributed by atoms with Crippen molar-refractivity contribution in [2.45, 2.75) is 179 Å². The van der Waals surface area contributed by atoms with Crippen molar-refractivity contribution in [3.8, 4) is 0 Å². The predicted molar refractivity (Wildman–Crippen MR) is 202 cm³/mol. The number of carbonyl (C=O) groups is 6. The molecule has 0 spiro atoms. The molecule has 50 heavy (non-hydrogen) atoms. The fourth-order valence-corrected chi connectivity index (χ4v) is 4.89. The lowest BCUT2D eigenvalue weighted by molar-refractivity contribution is -0.147. The number of amides is 5. The zero-order valence-corrected chi connectivity index (χ0v) is 34.1. The SMILES string of the molecule is CC.CC.CC.CC(C)C.CC(NC(=O)C1CCCN1C(=O)C(NC(=O)NCC(=O)OC1CCCC1)C(C)(C)C)C(=O)C(N)=O.CC1CCC1. The molecule has 3 atom stereocenters. The average Bonchev–Trinajstić information content (AvgIpc) is 3.76. The van der Waals surface area contributed by atoms with Gasteiger partial charge in [-0.25, -0.2) is 4.79 Å². The number of esters is 1. The zero-order chi connectivity index (χ0) is 39.6. The summed E-state index contributed by atoms with van der Waals surface area (Å²) in [6.45, 7) is 27.4. The molecule has 0 bridgehead atoms. The monoisotopic (exact) mass is 714 g/mol. The number of likely N-dealkylation sites (tertiary alicyclic amines) is 1. The molecule has 1 saturated heterocycles. The molecule has 12 heteroatoms. The number of rotatable bonds is 9. The Labute approximate surface area is 304 Å². The van der Waals surface area contributed by atoms with Gasteiger partial charge in [-0.05, 0) is 62.7 Å². The molecule has 0 aromatic carbocycles. The summed E-state index contributed by atoms with van der Waals surface area (Å²) in [6, 6.07) is -3.68. The van der Waals surface area contributed by atoms with Gasteiger partial charge < -0.3 is 31.3 Å². The van der Waals surface area contributed by atoms with Crippen LogP contribution in [-0.4, -0.2) is 77.7 Å². The van der Waals surface area contributed by atoms with Gasteiger partial charge in [0.05, 0.1) is 6.04 Å². The maximum absolute atomic E-state index is 13.4. The highest BCUT2D eigenvalue weighted by Crippen LogP contribution is 2.26. The molecule has 3 aliphatic rings. The van der Waals surface area contributed by atoms with Crippen LogP contribution in [-0.2, 0) is 28.7 Å². The number of nitrogens with two attached hydrogens (primary N) is 1. The van der Waals surface area contributed by atoms with Gasteiger partial charge in [-0.1, -0.05) is 109 Å². The summed E-state index contributed by atoms with van der Waals surface area (Å²) in [5.74, 6) is -1.78. The number of ketones is 1. The third-order valence-electron chi connectivity index (χ3n) is 7.61. The van der Waals surface area contributed by atoms with Crippen LogP contribution in [0.5, 0.6) is 0 Å². The van der Waals surface area contributed by atoms with Crippen LogP contribution in [0.3, 0.4) is 0 Å². The van der Waals surface area contributed by atoms with Crippen LogP contribution in [0.25, 0.3) is 0 Å². The van der Waals surface area contributed by atoms with Crippen LogP contribution in [0, 0.1) is 17.3 Å². The Bertz CT molecular complexity index is 984. The first-order valence-electron chi connectivity index (χ1n) is 19.1. The predicted octanol–water partition coefficient (Wildman–Crippen LogP) is 6.28. The second-order valence-corrected chi connectivity index (χ2v) is 13.9. The summed E-state index contributed by atoms with van der Waals surface area (Å²) in [6.07, 6.45) is 8.92. The zero-order valence-electron chi connectivity index (χ0n) is 34.1. The number of Topliss-reactive ketones (excluding diaryl/α,β-unsaturated/α-hetero) is 1. The van der Waals surface area contributed by atoms with Crippen LogP contribution >= 0.6 is 0 Å². The topological polar surface area (TPSA) is 177 Å². The van der Waals surface area contributed by atoms with E-state index >= 15 is 0 Å². The molecule has 3 unspecified atom stereocenters. The number of hydrogen-bond acceptors (Lipinski definition) is 7. The molecule has 5 N–H and O–H groups in total. The second kappa shape index (κ2) is 28.5. The normalized spacial score (nSPS) is 17.7. The summed E-state index contributed by atoms with van der Waals surface area (Å²) in [7, 11) is 0. The molecule has 294 valence electrons. The number of nitrogens with zero attached hydrogens (tertiary/aromatic N) is 1. The van der Waals surface area contributed by atoms with Gasteiger partial charge in [-0.15, -0.1) is 0 Å². The summed E-state index contributed by atoms with van der Waals surface area (Å²) in [4.78, 5) is 74.8. The Balaban J connectivity index is -0.00000124. The Kier molecular flexibility index (Phi) is 29.2. The van der Waals surface area contributed by atoms with Gasteiger partial charge in [0.15, 0.2) is 0 Å². The molecule has 1 aliphatic heterocycles. The third-order valence-corrected chi connectivity index (χ3v) is 7.61. The molecule has 3 rings (SSSR count). The molecule has 12 nitrogen and oxygen atoms in total. The fourth-order valence-electron chi connectivity index (χ4n) is 4.89. The number of hydrogen-bond donors (Lipinski definition) is 4. The quantitative estimate of drug-likeness (QED) is 0.160. The van der Waals surface area contributed by atoms with Crippen LogP contribution in [0.2, 0.25) is 0 Å². The summed E-state index contributed by atoms with van der Waals surface area (Å²) in [5.41, 5.74) is 4.27. The maximum atomic E-state index is 13.4. The molecular weight excluding hydrogens is 638 g/mol. The number of carbonyl (C=O) groups excluding carboxylic acids is 6. The number of primary amides is 1. The van der Waals surface area contributed by atoms with Crippen LogP contribution < -0.4 is 21.7 Å². The van der Waals surface area contributed by atoms with E-state index in [9.17, 15) is 28.8 Å². The largest absolute Gasteiger partial charge is 0.461 e. The number of nitrogens with one attached hydrogen (secondary N) is 3. The van der Waals surface area contributed by atoms with E-state index in [-0.39, 0.29) is 12.6 Å². The first-order chi connectivity index (χ1) is 23.4. The van der Waals surface area contributed by atoms with Gasteiger partial charge in [0.25, 0.3) is 5.91 Å². The van der Waals surface area contributed by atoms with E-state index in [0.29, 0.717) is 19.4 Å². The van der Waals surface area contributed by atoms with Crippen molar-refractivity contribution in [1.82, 2.24) is 20.9 Å². The summed E-state index contributed by atoms with van der Waals surface area (Å²) in [5, 5.41) is 7.49. The van der Waals surface area contributed by atoms with E-state index in [0.717, 1.165) is 37.5 Å². The lowest BCUT2D eigenvalue weighted by atomic mass is 9.85. The highest BCUT2D eigenvalue weighted by atomic mass is 16.5. The summed E-state index contributed by atoms with van der Waals surface area (Å²) < 4.78 is 5.31. The molecular formula is C38H75N5O7. The first-order valence-corrected chi connectivity index (χ1v) is 19.1. The van der Waals surface area contributed by atoms with Crippen molar-refractivity contribution in [1.29, 1.82) is 0 Å². The minimum atomic E-state index is -1.16. The summed E-state index contributed by atoms with van der Waals surface area (Å²) >= 11 is 0. The van der Waals surface area contributed by atoms with Crippen LogP contribution in [0.1, 0.15) is 155 Å². The second-order valence-electron chi connectivity index (χ2n) is 13.9. The molecule has 0 aromatic heterocycles. The molecule has 3 fully saturated rings. The lowest BCUT2D eigenvalue weighted by Gasteiger charge is -2.35. The van der Waals surface area contributed by atoms with Crippen LogP contribution in [0.4, 0.5) is 4.79 Å². The van der Waals surface area contributed by atoms with Gasteiger partial charge >= 0.3 is 12.0 Å². The van der Waals surface area contributed by atoms with Crippen molar-refractivity contribution < 1.29 is 33.5 Å². The highest BCUT2D eigenvalue weighted by molar-refractivity contribution is 6.37. The van der Waals surface area contributed by atoms with E-state index in [1.165, 1.54) is 31.1 Å². The molecule has 1 heterocycles. The van der Waals surface area contributed by atoms with Gasteiger partial charge in [0.2, 0.25) is 17.6 Å². The molecule has 2 saturated carbocycles. The Morgan fingerprint density at radius 1 is 0.780 bits per heavy atom. The van der Waals surface area contributed by atoms with E-state index in [2.05, 4.69) is 43.6 Å². The highest BCUT2D eigenvalue weighted by Gasteiger charge is 2.42. The number of urea groups is 1. The van der Waals surface area contributed by atoms with Crippen molar-refractivity contribution in [3.63, 3.8) is 0 Å². The smallest absolute Gasteiger partial charge is 0.325 e. The van der Waals surface area contributed by atoms with Gasteiger partial charge in [0, 0.05) is 6.54 Å². The van der Waals surface area contributed by atoms with Gasteiger partial charge in [0.1, 0.15) is 24.7 Å². The Morgan fingerprint density at radius 3 is 1.66 bits per heavy atom. The van der Waals surface area contributed by atoms with Crippen molar-refractivity contribution in [3.05, 3.63) is 0 Å². The number of ether oxygens (including phenoxy) is 1. The van der Waals surface area contributed by atoms with Crippen molar-refractivity contribution in [2.24, 2.45) is 23.0 Å². The third kappa shape index (κ3) is 21.8. The molecule has 0 radical (unpaired) electrons. The Hall–Kier alpha value is -3.18. The molecule has 5 amide bonds. The van der Waals surface area contributed by atoms with Gasteiger partial charge in [-0.2, -0.15) is 0 Å². The van der Waals surface area contributed by atoms with E-state index in [4.69, 9.17) is 10.5 Å². The van der Waals surface area contributed by atoms with E-state index in [1.54, 1.807) is 20.8 Å². The van der Waals surface area contributed by atoms with Crippen molar-refractivity contribution in [2.75, 3.05) is 13.1 Å². The lowest BCUT2D eigenvalue weighted by Crippen LogP contribution is -2.60. The minimum Gasteiger partial charge on any atom is -0.461 e. The van der Waals surface area contributed by atoms with Crippen LogP contribution in [0.15, 0.2) is 0 Å². The molecule has 2 aliphatic carbocycles. The van der Waals surface area contributed by atoms with Gasteiger partial charge in [-0.3, -0.25) is 24.0 Å². The standard InChI is InChI=1S/C23H37N5O7.C5H10.C4H10.3C2H6/c1-13(17(30)19(24)31)26-20(32)15-10-7-11-28(15)21(33)18(23(2,3)4)27-22(34)25-12-16(29)35-14-8-5-6-9-14;1-5-3-2-4-5;1-4(2)3;3*1-2/h13-15,18H,5-12H2,1-4H3,(H2,24,31)(H,26,32)(H2,25,27,34);5H,2-4H2,1H3;4H,1-3H3;3*1-2H3. The van der Waals surface area contributed by atoms with E-state index in [1.807, 2.05) is 41.5 Å². The maximum Gasteiger partial charge on any atom is 0.325 e. The van der Waals surface area contributed by atoms with Crippen molar-refractivity contribution >= 4 is 35.5 Å². The fraction of sp³-hybridized carbons (Fsp3) is 0.842. The minimum absolute atomic E-state index is 0.115. The first kappa shape index (κ1) is 51.2.